The summed E-state index contributed by atoms with van der Waals surface area (Å²) >= 11 is 3.32. The second kappa shape index (κ2) is 7.56. The predicted molar refractivity (Wildman–Crippen MR) is 84.9 cm³/mol. The average Bonchev–Trinajstić information content (AvgIpc) is 2.96. The number of likely N-dealkylation sites (tertiary alicyclic amines) is 1. The first-order valence-electron chi connectivity index (χ1n) is 7.15. The minimum atomic E-state index is -0.160. The Hall–Kier alpha value is -1.40. The van der Waals surface area contributed by atoms with Crippen molar-refractivity contribution in [3.05, 3.63) is 34.3 Å². The van der Waals surface area contributed by atoms with E-state index in [1.807, 2.05) is 17.0 Å². The quantitative estimate of drug-likeness (QED) is 0.842. The third kappa shape index (κ3) is 4.28. The molecule has 0 bridgehead atoms. The number of rotatable bonds is 5. The van der Waals surface area contributed by atoms with E-state index in [9.17, 15) is 9.59 Å². The van der Waals surface area contributed by atoms with Gasteiger partial charge in [-0.2, -0.15) is 0 Å². The summed E-state index contributed by atoms with van der Waals surface area (Å²) in [5, 5.41) is 2.77. The van der Waals surface area contributed by atoms with Crippen LogP contribution in [0, 0.1) is 0 Å². The van der Waals surface area contributed by atoms with Crippen molar-refractivity contribution in [2.24, 2.45) is 5.73 Å². The maximum Gasteiger partial charge on any atom is 0.251 e. The van der Waals surface area contributed by atoms with Gasteiger partial charge in [0, 0.05) is 42.1 Å². The van der Waals surface area contributed by atoms with E-state index in [0.29, 0.717) is 25.1 Å². The van der Waals surface area contributed by atoms with Crippen molar-refractivity contribution in [2.45, 2.75) is 25.3 Å². The summed E-state index contributed by atoms with van der Waals surface area (Å²) in [4.78, 5) is 25.8. The number of hydrogen-bond acceptors (Lipinski definition) is 3. The molecule has 1 aromatic rings. The fraction of sp³-hybridized carbons (Fsp3) is 0.467. The SMILES string of the molecule is NCC1CCCN1C(=O)CCNC(=O)c1ccc(Br)cc1. The molecule has 0 aromatic heterocycles. The van der Waals surface area contributed by atoms with Crippen LogP contribution in [0.3, 0.4) is 0 Å². The second-order valence-corrected chi connectivity index (χ2v) is 6.05. The van der Waals surface area contributed by atoms with Gasteiger partial charge in [0.2, 0.25) is 5.91 Å². The van der Waals surface area contributed by atoms with E-state index in [1.165, 1.54) is 0 Å². The van der Waals surface area contributed by atoms with E-state index < -0.39 is 0 Å². The smallest absolute Gasteiger partial charge is 0.251 e. The Morgan fingerprint density at radius 2 is 2.05 bits per heavy atom. The van der Waals surface area contributed by atoms with Crippen LogP contribution >= 0.6 is 15.9 Å². The number of carbonyl (C=O) groups excluding carboxylic acids is 2. The van der Waals surface area contributed by atoms with E-state index in [2.05, 4.69) is 21.2 Å². The molecule has 1 fully saturated rings. The molecule has 1 heterocycles. The molecule has 5 nitrogen and oxygen atoms in total. The molecule has 1 saturated heterocycles. The molecule has 114 valence electrons. The lowest BCUT2D eigenvalue weighted by Crippen LogP contribution is -2.41. The standard InChI is InChI=1S/C15H20BrN3O2/c16-12-5-3-11(4-6-12)15(21)18-8-7-14(20)19-9-1-2-13(19)10-17/h3-6,13H,1-2,7-10,17H2,(H,18,21). The fourth-order valence-corrected chi connectivity index (χ4v) is 2.80. The van der Waals surface area contributed by atoms with Crippen molar-refractivity contribution in [3.8, 4) is 0 Å². The van der Waals surface area contributed by atoms with Crippen LogP contribution in [0.1, 0.15) is 29.6 Å². The first kappa shape index (κ1) is 16.0. The van der Waals surface area contributed by atoms with Gasteiger partial charge in [-0.05, 0) is 37.1 Å². The molecule has 1 aromatic carbocycles. The Morgan fingerprint density at radius 1 is 1.33 bits per heavy atom. The third-order valence-electron chi connectivity index (χ3n) is 3.70. The van der Waals surface area contributed by atoms with Crippen molar-refractivity contribution < 1.29 is 9.59 Å². The highest BCUT2D eigenvalue weighted by Gasteiger charge is 2.26. The van der Waals surface area contributed by atoms with Gasteiger partial charge in [0.15, 0.2) is 0 Å². The lowest BCUT2D eigenvalue weighted by atomic mass is 10.2. The fourth-order valence-electron chi connectivity index (χ4n) is 2.54. The molecule has 0 radical (unpaired) electrons. The van der Waals surface area contributed by atoms with E-state index in [4.69, 9.17) is 5.73 Å². The van der Waals surface area contributed by atoms with Crippen LogP contribution in [0.25, 0.3) is 0 Å². The summed E-state index contributed by atoms with van der Waals surface area (Å²) in [6.45, 7) is 1.64. The average molecular weight is 354 g/mol. The largest absolute Gasteiger partial charge is 0.352 e. The summed E-state index contributed by atoms with van der Waals surface area (Å²) in [7, 11) is 0. The Balaban J connectivity index is 1.77. The maximum atomic E-state index is 12.1. The van der Waals surface area contributed by atoms with Gasteiger partial charge < -0.3 is 16.0 Å². The van der Waals surface area contributed by atoms with Gasteiger partial charge in [0.05, 0.1) is 0 Å². The summed E-state index contributed by atoms with van der Waals surface area (Å²) in [5.41, 5.74) is 6.25. The summed E-state index contributed by atoms with van der Waals surface area (Å²) in [5.74, 6) is -0.0915. The van der Waals surface area contributed by atoms with Gasteiger partial charge in [0.1, 0.15) is 0 Å². The Kier molecular flexibility index (Phi) is 5.76. The number of hydrogen-bond donors (Lipinski definition) is 2. The Morgan fingerprint density at radius 3 is 2.71 bits per heavy atom. The van der Waals surface area contributed by atoms with Gasteiger partial charge >= 0.3 is 0 Å². The third-order valence-corrected chi connectivity index (χ3v) is 4.23. The van der Waals surface area contributed by atoms with E-state index in [-0.39, 0.29) is 17.9 Å². The van der Waals surface area contributed by atoms with Crippen molar-refractivity contribution in [2.75, 3.05) is 19.6 Å². The number of halogens is 1. The zero-order chi connectivity index (χ0) is 15.2. The van der Waals surface area contributed by atoms with Crippen LogP contribution in [0.4, 0.5) is 0 Å². The molecule has 0 spiro atoms. The molecule has 2 amide bonds. The van der Waals surface area contributed by atoms with Crippen LogP contribution in [0.5, 0.6) is 0 Å². The summed E-state index contributed by atoms with van der Waals surface area (Å²) in [6, 6.07) is 7.28. The van der Waals surface area contributed by atoms with Crippen molar-refractivity contribution in [3.63, 3.8) is 0 Å². The normalized spacial score (nSPS) is 17.8. The minimum Gasteiger partial charge on any atom is -0.352 e. The number of amides is 2. The topological polar surface area (TPSA) is 75.4 Å². The zero-order valence-electron chi connectivity index (χ0n) is 11.8. The van der Waals surface area contributed by atoms with Crippen molar-refractivity contribution in [1.29, 1.82) is 0 Å². The molecule has 1 unspecified atom stereocenters. The highest BCUT2D eigenvalue weighted by atomic mass is 79.9. The first-order chi connectivity index (χ1) is 10.1. The number of nitrogens with zero attached hydrogens (tertiary/aromatic N) is 1. The lowest BCUT2D eigenvalue weighted by Gasteiger charge is -2.23. The minimum absolute atomic E-state index is 0.0686. The number of nitrogens with two attached hydrogens (primary N) is 1. The maximum absolute atomic E-state index is 12.1. The van der Waals surface area contributed by atoms with Crippen LogP contribution in [0.2, 0.25) is 0 Å². The van der Waals surface area contributed by atoms with Crippen molar-refractivity contribution >= 4 is 27.7 Å². The molecular formula is C15H20BrN3O2. The monoisotopic (exact) mass is 353 g/mol. The molecule has 0 saturated carbocycles. The highest BCUT2D eigenvalue weighted by molar-refractivity contribution is 9.10. The second-order valence-electron chi connectivity index (χ2n) is 5.13. The van der Waals surface area contributed by atoms with E-state index in [0.717, 1.165) is 23.9 Å². The summed E-state index contributed by atoms with van der Waals surface area (Å²) in [6.07, 6.45) is 2.31. The number of nitrogens with one attached hydrogen (secondary N) is 1. The van der Waals surface area contributed by atoms with Crippen molar-refractivity contribution in [1.82, 2.24) is 10.2 Å². The molecule has 3 N–H and O–H groups in total. The number of benzene rings is 1. The van der Waals surface area contributed by atoms with Crippen LogP contribution in [-0.4, -0.2) is 42.4 Å². The van der Waals surface area contributed by atoms with Crippen LogP contribution in [0.15, 0.2) is 28.7 Å². The molecule has 1 atom stereocenters. The van der Waals surface area contributed by atoms with Gasteiger partial charge in [-0.3, -0.25) is 9.59 Å². The van der Waals surface area contributed by atoms with Gasteiger partial charge in [-0.25, -0.2) is 0 Å². The van der Waals surface area contributed by atoms with Gasteiger partial charge in [-0.1, -0.05) is 15.9 Å². The highest BCUT2D eigenvalue weighted by Crippen LogP contribution is 2.17. The van der Waals surface area contributed by atoms with Crippen LogP contribution in [-0.2, 0) is 4.79 Å². The predicted octanol–water partition coefficient (Wildman–Crippen LogP) is 1.52. The summed E-state index contributed by atoms with van der Waals surface area (Å²) < 4.78 is 0.927. The molecule has 2 rings (SSSR count). The van der Waals surface area contributed by atoms with E-state index in [1.54, 1.807) is 12.1 Å². The molecule has 6 heteroatoms. The first-order valence-corrected chi connectivity index (χ1v) is 7.94. The molecule has 0 aliphatic carbocycles. The van der Waals surface area contributed by atoms with Crippen LogP contribution < -0.4 is 11.1 Å². The van der Waals surface area contributed by atoms with Gasteiger partial charge in [-0.15, -0.1) is 0 Å². The lowest BCUT2D eigenvalue weighted by molar-refractivity contribution is -0.131. The molecular weight excluding hydrogens is 334 g/mol. The molecule has 21 heavy (non-hydrogen) atoms. The van der Waals surface area contributed by atoms with E-state index >= 15 is 0 Å². The zero-order valence-corrected chi connectivity index (χ0v) is 13.4. The molecule has 1 aliphatic rings. The van der Waals surface area contributed by atoms with Gasteiger partial charge in [0.25, 0.3) is 5.91 Å². The number of carbonyl (C=O) groups is 2. The molecule has 1 aliphatic heterocycles. The Labute approximate surface area is 133 Å². The Bertz CT molecular complexity index is 504.